The van der Waals surface area contributed by atoms with Crippen molar-refractivity contribution in [3.8, 4) is 0 Å². The zero-order valence-corrected chi connectivity index (χ0v) is 46.6. The summed E-state index contributed by atoms with van der Waals surface area (Å²) in [6.45, 7) is 40.2. The minimum atomic E-state index is -0.520. The van der Waals surface area contributed by atoms with Crippen molar-refractivity contribution in [1.29, 1.82) is 0 Å². The predicted octanol–water partition coefficient (Wildman–Crippen LogP) is 12.7. The van der Waals surface area contributed by atoms with Crippen LogP contribution in [0.4, 0.5) is 5.82 Å². The number of methoxy groups -OCH3 is 2. The Morgan fingerprint density at radius 2 is 1.04 bits per heavy atom. The summed E-state index contributed by atoms with van der Waals surface area (Å²) >= 11 is 0. The molecular formula is C57H94N4O8. The van der Waals surface area contributed by atoms with Gasteiger partial charge in [0.25, 0.3) is 0 Å². The molecule has 12 heteroatoms. The van der Waals surface area contributed by atoms with E-state index in [9.17, 15) is 9.59 Å². The number of aromatic amines is 1. The first-order chi connectivity index (χ1) is 31.8. The monoisotopic (exact) mass is 963 g/mol. The number of H-pyrrole nitrogens is 1. The number of nitrogens with zero attached hydrogens (tertiary/aromatic N) is 1. The number of aromatic nitrogens is 1. The Bertz CT molecular complexity index is 2020. The van der Waals surface area contributed by atoms with E-state index < -0.39 is 11.9 Å². The van der Waals surface area contributed by atoms with Gasteiger partial charge in [0, 0.05) is 69.6 Å². The molecule has 0 aromatic carbocycles. The van der Waals surface area contributed by atoms with Gasteiger partial charge in [-0.2, -0.15) is 0 Å². The largest absolute Gasteiger partial charge is 0.458 e. The Morgan fingerprint density at radius 3 is 1.42 bits per heavy atom. The number of carbonyl (C=O) groups excluding carboxylic acids is 4. The van der Waals surface area contributed by atoms with E-state index in [1.54, 1.807) is 14.2 Å². The maximum absolute atomic E-state index is 15.2. The molecule has 0 spiro atoms. The number of hydrogen-bond acceptors (Lipinski definition) is 9. The van der Waals surface area contributed by atoms with Crippen LogP contribution in [0.5, 0.6) is 0 Å². The molecule has 2 amide bonds. The number of carbonyl (C=O) groups is 4. The highest BCUT2D eigenvalue weighted by Gasteiger charge is 2.50. The highest BCUT2D eigenvalue weighted by Crippen LogP contribution is 2.52. The van der Waals surface area contributed by atoms with E-state index in [4.69, 9.17) is 23.9 Å². The van der Waals surface area contributed by atoms with Crippen LogP contribution in [0.2, 0.25) is 0 Å². The normalized spacial score (nSPS) is 25.6. The van der Waals surface area contributed by atoms with E-state index in [0.29, 0.717) is 60.4 Å². The van der Waals surface area contributed by atoms with Crippen LogP contribution in [0.25, 0.3) is 6.08 Å². The quantitative estimate of drug-likeness (QED) is 0.109. The lowest BCUT2D eigenvalue weighted by molar-refractivity contribution is -0.164. The lowest BCUT2D eigenvalue weighted by Crippen LogP contribution is -2.50. The van der Waals surface area contributed by atoms with E-state index in [1.807, 2.05) is 33.8 Å². The average molecular weight is 963 g/mol. The maximum atomic E-state index is 15.2. The summed E-state index contributed by atoms with van der Waals surface area (Å²) in [5.41, 5.74) is 2.21. The summed E-state index contributed by atoms with van der Waals surface area (Å²) in [5, 5.41) is 6.05. The van der Waals surface area contributed by atoms with Crippen molar-refractivity contribution in [1.82, 2.24) is 10.3 Å². The maximum Gasteiger partial charge on any atom is 0.342 e. The first-order valence-electron chi connectivity index (χ1n) is 26.1. The van der Waals surface area contributed by atoms with Gasteiger partial charge >= 0.3 is 11.9 Å². The van der Waals surface area contributed by atoms with Crippen LogP contribution in [0, 0.1) is 63.1 Å². The average Bonchev–Trinajstić information content (AvgIpc) is 3.74. The van der Waals surface area contributed by atoms with Gasteiger partial charge in [-0.05, 0) is 101 Å². The molecule has 2 fully saturated rings. The molecule has 4 unspecified atom stereocenters. The first kappa shape index (κ1) is 57.8. The Balaban J connectivity index is 1.98. The van der Waals surface area contributed by atoms with E-state index in [0.717, 1.165) is 25.7 Å². The van der Waals surface area contributed by atoms with Crippen molar-refractivity contribution >= 4 is 41.5 Å². The molecule has 2 saturated carbocycles. The smallest absolute Gasteiger partial charge is 0.342 e. The lowest BCUT2D eigenvalue weighted by Gasteiger charge is -2.50. The minimum absolute atomic E-state index is 0.0983. The molecule has 1 aromatic rings. The molecule has 0 radical (unpaired) electrons. The number of rotatable bonds is 16. The van der Waals surface area contributed by atoms with Crippen LogP contribution in [-0.2, 0) is 33.3 Å². The summed E-state index contributed by atoms with van der Waals surface area (Å²) in [4.78, 5) is 66.2. The Hall–Kier alpha value is -3.77. The van der Waals surface area contributed by atoms with E-state index >= 15 is 9.59 Å². The molecule has 0 saturated heterocycles. The number of anilines is 1. The number of aliphatic imine (C=N–C) groups is 1. The number of amidine groups is 1. The van der Waals surface area contributed by atoms with Gasteiger partial charge in [0.05, 0.1) is 5.70 Å². The first-order valence-corrected chi connectivity index (χ1v) is 26.1. The summed E-state index contributed by atoms with van der Waals surface area (Å²) in [7, 11) is 3.20. The second kappa shape index (κ2) is 23.2. The fraction of sp³-hybridized carbons (Fsp3) is 0.772. The lowest BCUT2D eigenvalue weighted by atomic mass is 9.59. The van der Waals surface area contributed by atoms with Crippen molar-refractivity contribution in [2.75, 3.05) is 32.8 Å². The summed E-state index contributed by atoms with van der Waals surface area (Å²) < 4.78 is 24.2. The number of allylic oxidation sites excluding steroid dienone is 1. The summed E-state index contributed by atoms with van der Waals surface area (Å²) in [6.07, 6.45) is 6.19. The zero-order chi connectivity index (χ0) is 52.1. The molecule has 1 aliphatic heterocycles. The zero-order valence-electron chi connectivity index (χ0n) is 46.6. The van der Waals surface area contributed by atoms with Gasteiger partial charge in [0.15, 0.2) is 0 Å². The molecule has 4 rings (SSSR count). The molecule has 4 atom stereocenters. The molecule has 390 valence electrons. The summed E-state index contributed by atoms with van der Waals surface area (Å²) in [5.74, 6) is -0.329. The topological polar surface area (TPSA) is 157 Å². The van der Waals surface area contributed by atoms with Crippen molar-refractivity contribution in [3.05, 3.63) is 33.7 Å². The molecule has 0 bridgehead atoms. The van der Waals surface area contributed by atoms with Gasteiger partial charge in [-0.25, -0.2) is 14.6 Å². The van der Waals surface area contributed by atoms with Crippen LogP contribution in [-0.4, -0.2) is 74.2 Å². The fourth-order valence-corrected chi connectivity index (χ4v) is 11.4. The number of esters is 2. The highest BCUT2D eigenvalue weighted by atomic mass is 16.5. The third-order valence-electron chi connectivity index (χ3n) is 15.1. The third kappa shape index (κ3) is 14.7. The third-order valence-corrected chi connectivity index (χ3v) is 15.1. The molecule has 1 aromatic heterocycles. The van der Waals surface area contributed by atoms with Crippen LogP contribution in [0.3, 0.4) is 0 Å². The molecule has 2 aliphatic carbocycles. The Morgan fingerprint density at radius 1 is 0.638 bits per heavy atom. The number of hydrogen-bond donors (Lipinski definition) is 3. The Kier molecular flexibility index (Phi) is 19.4. The van der Waals surface area contributed by atoms with Crippen molar-refractivity contribution in [2.45, 2.75) is 194 Å². The minimum Gasteiger partial charge on any atom is -0.458 e. The van der Waals surface area contributed by atoms with Crippen molar-refractivity contribution in [2.24, 2.45) is 68.1 Å². The van der Waals surface area contributed by atoms with Gasteiger partial charge in [0.1, 0.15) is 35.0 Å². The second-order valence-corrected chi connectivity index (χ2v) is 25.9. The standard InChI is InChI=1S/C57H94N4O8/c1-32(2)44-40(58-50(60-42(62)23-21-25-66-19)46(44)52(64)68-48-36(54(7,8)9)27-34(5)28-37(48)55(10,11)12)31-41-45(33(3)4)47(51(59-41)61-43(63)24-22-26-67-20)53(65)69-49-38(56(13,14)15)29-35(6)30-39(49)57(16,17)18/h31-39,48-49,58H,21-30H2,1-20H3,(H,60,62)(H,59,61,63). The van der Waals surface area contributed by atoms with Gasteiger partial charge in [-0.3, -0.25) is 9.59 Å². The molecular weight excluding hydrogens is 869 g/mol. The van der Waals surface area contributed by atoms with Crippen molar-refractivity contribution < 1.29 is 38.1 Å². The highest BCUT2D eigenvalue weighted by molar-refractivity contribution is 6.25. The molecule has 69 heavy (non-hydrogen) atoms. The Labute approximate surface area is 417 Å². The summed E-state index contributed by atoms with van der Waals surface area (Å²) in [6, 6.07) is 0. The number of nitrogens with one attached hydrogen (secondary N) is 3. The van der Waals surface area contributed by atoms with Gasteiger partial charge in [0.2, 0.25) is 11.8 Å². The van der Waals surface area contributed by atoms with Gasteiger partial charge < -0.3 is 34.6 Å². The predicted molar refractivity (Wildman–Crippen MR) is 279 cm³/mol. The van der Waals surface area contributed by atoms with E-state index in [2.05, 4.69) is 113 Å². The molecule has 3 N–H and O–H groups in total. The van der Waals surface area contributed by atoms with E-state index in [1.165, 1.54) is 0 Å². The van der Waals surface area contributed by atoms with Crippen LogP contribution in [0.15, 0.2) is 21.8 Å². The fourth-order valence-electron chi connectivity index (χ4n) is 11.4. The van der Waals surface area contributed by atoms with Crippen molar-refractivity contribution in [3.63, 3.8) is 0 Å². The molecule has 2 heterocycles. The second-order valence-electron chi connectivity index (χ2n) is 25.9. The molecule has 3 aliphatic rings. The van der Waals surface area contributed by atoms with E-state index in [-0.39, 0.29) is 117 Å². The number of ether oxygens (including phenoxy) is 4. The van der Waals surface area contributed by atoms with Gasteiger partial charge in [-0.1, -0.05) is 125 Å². The molecule has 12 nitrogen and oxygen atoms in total. The number of amides is 2. The van der Waals surface area contributed by atoms with Crippen LogP contribution < -0.4 is 10.6 Å². The SMILES string of the molecule is COCCCC(=O)NC1=NC(=Cc2[nH]c(NC(=O)CCCOC)c(C(=O)OC3C(C(C)(C)C)CC(C)CC3C(C)(C)C)c2C(C)C)C(C(C)C)=C1C(=O)OC1C(C(C)(C)C)CC(C)CC1C(C)(C)C. The van der Waals surface area contributed by atoms with Gasteiger partial charge in [-0.15, -0.1) is 0 Å². The van der Waals surface area contributed by atoms with Crippen LogP contribution in [0.1, 0.15) is 204 Å². The van der Waals surface area contributed by atoms with Crippen LogP contribution >= 0.6 is 0 Å².